The SMILES string of the molecule is COC(=O)c1ccccc1NC(=O)CN(C)C(=O)[C@@H]1C[C@@H](S)CN1S(=O)(=O)c1ccc2ccccc2c1. The number of benzene rings is 3. The third kappa shape index (κ3) is 5.63. The van der Waals surface area contributed by atoms with Crippen LogP contribution in [0.1, 0.15) is 16.8 Å². The van der Waals surface area contributed by atoms with Crippen molar-refractivity contribution in [3.8, 4) is 0 Å². The fourth-order valence-electron chi connectivity index (χ4n) is 4.36. The largest absolute Gasteiger partial charge is 0.465 e. The third-order valence-electron chi connectivity index (χ3n) is 6.21. The van der Waals surface area contributed by atoms with E-state index in [0.717, 1.165) is 15.1 Å². The van der Waals surface area contributed by atoms with Crippen molar-refractivity contribution in [2.24, 2.45) is 0 Å². The maximum atomic E-state index is 13.6. The molecule has 1 N–H and O–H groups in total. The Hall–Kier alpha value is -3.41. The number of amides is 2. The number of nitrogens with zero attached hydrogens (tertiary/aromatic N) is 2. The van der Waals surface area contributed by atoms with Crippen LogP contribution in [0.5, 0.6) is 0 Å². The molecule has 37 heavy (non-hydrogen) atoms. The lowest BCUT2D eigenvalue weighted by Crippen LogP contribution is -2.48. The van der Waals surface area contributed by atoms with Crippen LogP contribution in [-0.4, -0.2) is 73.9 Å². The van der Waals surface area contributed by atoms with Gasteiger partial charge in [0.2, 0.25) is 21.8 Å². The number of esters is 1. The molecule has 3 aromatic carbocycles. The second kappa shape index (κ2) is 10.9. The molecule has 194 valence electrons. The number of thiol groups is 1. The Bertz CT molecular complexity index is 1460. The minimum Gasteiger partial charge on any atom is -0.465 e. The number of carbonyl (C=O) groups is 3. The highest BCUT2D eigenvalue weighted by molar-refractivity contribution is 7.89. The molecule has 1 heterocycles. The lowest BCUT2D eigenvalue weighted by atomic mass is 10.1. The summed E-state index contributed by atoms with van der Waals surface area (Å²) in [7, 11) is -1.33. The highest BCUT2D eigenvalue weighted by Crippen LogP contribution is 2.31. The molecule has 9 nitrogen and oxygen atoms in total. The summed E-state index contributed by atoms with van der Waals surface area (Å²) in [4.78, 5) is 39.3. The lowest BCUT2D eigenvalue weighted by Gasteiger charge is -2.27. The Morgan fingerprint density at radius 3 is 2.46 bits per heavy atom. The summed E-state index contributed by atoms with van der Waals surface area (Å²) in [6.07, 6.45) is 0.214. The smallest absolute Gasteiger partial charge is 0.339 e. The standard InChI is InChI=1S/C26H27N3O6S2/c1-28(16-24(30)27-22-10-6-5-9-21(22)26(32)35-2)25(31)23-14-19(36)15-29(23)37(33,34)20-12-11-17-7-3-4-8-18(17)13-20/h3-13,19,23,36H,14-16H2,1-2H3,(H,27,30)/t19-,23+/m1/s1. The lowest BCUT2D eigenvalue weighted by molar-refractivity contribution is -0.136. The maximum Gasteiger partial charge on any atom is 0.339 e. The van der Waals surface area contributed by atoms with Crippen molar-refractivity contribution in [3.05, 3.63) is 72.3 Å². The predicted molar refractivity (Wildman–Crippen MR) is 143 cm³/mol. The van der Waals surface area contributed by atoms with Crippen LogP contribution in [0.15, 0.2) is 71.6 Å². The highest BCUT2D eigenvalue weighted by atomic mass is 32.2. The number of fused-ring (bicyclic) bond motifs is 1. The van der Waals surface area contributed by atoms with E-state index in [4.69, 9.17) is 4.74 Å². The average molecular weight is 542 g/mol. The molecule has 1 aliphatic heterocycles. The second-order valence-electron chi connectivity index (χ2n) is 8.77. The van der Waals surface area contributed by atoms with E-state index in [1.165, 1.54) is 31.2 Å². The van der Waals surface area contributed by atoms with Gasteiger partial charge in [-0.05, 0) is 41.5 Å². The van der Waals surface area contributed by atoms with Gasteiger partial charge in [-0.3, -0.25) is 9.59 Å². The molecule has 1 fully saturated rings. The van der Waals surface area contributed by atoms with E-state index < -0.39 is 33.8 Å². The van der Waals surface area contributed by atoms with E-state index in [1.54, 1.807) is 30.3 Å². The number of nitrogens with one attached hydrogen (secondary N) is 1. The maximum absolute atomic E-state index is 13.6. The molecule has 4 rings (SSSR count). The molecular weight excluding hydrogens is 514 g/mol. The Morgan fingerprint density at radius 1 is 1.05 bits per heavy atom. The van der Waals surface area contributed by atoms with E-state index in [2.05, 4.69) is 17.9 Å². The molecule has 2 atom stereocenters. The summed E-state index contributed by atoms with van der Waals surface area (Å²) in [5.41, 5.74) is 0.422. The van der Waals surface area contributed by atoms with Gasteiger partial charge in [0.15, 0.2) is 0 Å². The molecule has 11 heteroatoms. The van der Waals surface area contributed by atoms with Gasteiger partial charge in [-0.1, -0.05) is 42.5 Å². The molecule has 1 saturated heterocycles. The molecule has 1 aliphatic rings. The van der Waals surface area contributed by atoms with Gasteiger partial charge in [0.1, 0.15) is 6.04 Å². The number of sulfonamides is 1. The van der Waals surface area contributed by atoms with Crippen molar-refractivity contribution in [1.29, 1.82) is 0 Å². The highest BCUT2D eigenvalue weighted by Gasteiger charge is 2.44. The van der Waals surface area contributed by atoms with Crippen LogP contribution >= 0.6 is 12.6 Å². The molecule has 0 saturated carbocycles. The number of hydrogen-bond donors (Lipinski definition) is 2. The topological polar surface area (TPSA) is 113 Å². The van der Waals surface area contributed by atoms with Gasteiger partial charge in [0.05, 0.1) is 29.8 Å². The van der Waals surface area contributed by atoms with Gasteiger partial charge in [-0.2, -0.15) is 16.9 Å². The summed E-state index contributed by atoms with van der Waals surface area (Å²) in [5, 5.41) is 3.96. The molecule has 0 unspecified atom stereocenters. The zero-order chi connectivity index (χ0) is 26.7. The quantitative estimate of drug-likeness (QED) is 0.351. The van der Waals surface area contributed by atoms with Gasteiger partial charge in [-0.15, -0.1) is 0 Å². The Morgan fingerprint density at radius 2 is 1.73 bits per heavy atom. The van der Waals surface area contributed by atoms with Crippen LogP contribution in [0.2, 0.25) is 0 Å². The first kappa shape index (κ1) is 26.6. The summed E-state index contributed by atoms with van der Waals surface area (Å²) in [6.45, 7) is -0.271. The first-order chi connectivity index (χ1) is 17.6. The molecule has 0 aliphatic carbocycles. The van der Waals surface area contributed by atoms with Crippen LogP contribution < -0.4 is 5.32 Å². The monoisotopic (exact) mass is 541 g/mol. The minimum absolute atomic E-state index is 0.0707. The first-order valence-electron chi connectivity index (χ1n) is 11.5. The van der Waals surface area contributed by atoms with Crippen molar-refractivity contribution in [3.63, 3.8) is 0 Å². The summed E-state index contributed by atoms with van der Waals surface area (Å²) in [6, 6.07) is 17.6. The van der Waals surface area contributed by atoms with Crippen molar-refractivity contribution < 1.29 is 27.5 Å². The van der Waals surface area contributed by atoms with Gasteiger partial charge < -0.3 is 15.0 Å². The average Bonchev–Trinajstić information content (AvgIpc) is 3.30. The number of hydrogen-bond acceptors (Lipinski definition) is 7. The Kier molecular flexibility index (Phi) is 7.86. The summed E-state index contributed by atoms with van der Waals surface area (Å²) in [5.74, 6) is -1.67. The number of para-hydroxylation sites is 1. The fraction of sp³-hybridized carbons (Fsp3) is 0.269. The van der Waals surface area contributed by atoms with Gasteiger partial charge in [0, 0.05) is 18.8 Å². The van der Waals surface area contributed by atoms with Crippen LogP contribution in [-0.2, 0) is 24.3 Å². The molecule has 0 bridgehead atoms. The number of ether oxygens (including phenoxy) is 1. The fourth-order valence-corrected chi connectivity index (χ4v) is 6.52. The Labute approximate surface area is 220 Å². The zero-order valence-electron chi connectivity index (χ0n) is 20.3. The molecule has 3 aromatic rings. The number of likely N-dealkylation sites (N-methyl/N-ethyl adjacent to an activating group) is 1. The summed E-state index contributed by atoms with van der Waals surface area (Å²) < 4.78 is 33.0. The van der Waals surface area contributed by atoms with E-state index in [-0.39, 0.29) is 40.9 Å². The molecule has 0 spiro atoms. The minimum atomic E-state index is -4.00. The zero-order valence-corrected chi connectivity index (χ0v) is 22.0. The van der Waals surface area contributed by atoms with Crippen LogP contribution in [0.25, 0.3) is 10.8 Å². The number of anilines is 1. The van der Waals surface area contributed by atoms with Crippen molar-refractivity contribution in [2.75, 3.05) is 32.6 Å². The number of carbonyl (C=O) groups excluding carboxylic acids is 3. The van der Waals surface area contributed by atoms with E-state index in [0.29, 0.717) is 0 Å². The van der Waals surface area contributed by atoms with Crippen LogP contribution in [0.4, 0.5) is 5.69 Å². The van der Waals surface area contributed by atoms with E-state index >= 15 is 0 Å². The second-order valence-corrected chi connectivity index (χ2v) is 11.4. The van der Waals surface area contributed by atoms with E-state index in [9.17, 15) is 22.8 Å². The van der Waals surface area contributed by atoms with E-state index in [1.807, 2.05) is 24.3 Å². The number of rotatable bonds is 7. The first-order valence-corrected chi connectivity index (χ1v) is 13.5. The summed E-state index contributed by atoms with van der Waals surface area (Å²) >= 11 is 4.45. The normalized spacial score (nSPS) is 17.9. The molecular formula is C26H27N3O6S2. The molecule has 0 aromatic heterocycles. The van der Waals surface area contributed by atoms with Gasteiger partial charge in [-0.25, -0.2) is 13.2 Å². The van der Waals surface area contributed by atoms with Crippen molar-refractivity contribution >= 4 is 56.9 Å². The van der Waals surface area contributed by atoms with Gasteiger partial charge >= 0.3 is 5.97 Å². The van der Waals surface area contributed by atoms with Crippen molar-refractivity contribution in [2.45, 2.75) is 22.6 Å². The molecule has 2 amide bonds. The third-order valence-corrected chi connectivity index (χ3v) is 8.45. The van der Waals surface area contributed by atoms with Gasteiger partial charge in [0.25, 0.3) is 0 Å². The van der Waals surface area contributed by atoms with Crippen LogP contribution in [0, 0.1) is 0 Å². The Balaban J connectivity index is 1.50. The number of methoxy groups -OCH3 is 1. The predicted octanol–water partition coefficient (Wildman–Crippen LogP) is 2.78. The molecule has 0 radical (unpaired) electrons. The van der Waals surface area contributed by atoms with Crippen molar-refractivity contribution in [1.82, 2.24) is 9.21 Å². The van der Waals surface area contributed by atoms with Crippen LogP contribution in [0.3, 0.4) is 0 Å².